The first-order valence-corrected chi connectivity index (χ1v) is 11.3. The van der Waals surface area contributed by atoms with Crippen LogP contribution in [0.3, 0.4) is 0 Å². The largest absolute Gasteiger partial charge is 0.586 e. The number of anilines is 1. The first-order chi connectivity index (χ1) is 16.5. The molecule has 0 saturated carbocycles. The van der Waals surface area contributed by atoms with Crippen LogP contribution in [0, 0.1) is 5.92 Å². The molecule has 0 bridgehead atoms. The first kappa shape index (κ1) is 25.1. The highest BCUT2D eigenvalue weighted by molar-refractivity contribution is 5.95. The van der Waals surface area contributed by atoms with E-state index in [0.29, 0.717) is 11.3 Å². The van der Waals surface area contributed by atoms with Crippen LogP contribution in [0.5, 0.6) is 17.2 Å². The zero-order valence-electron chi connectivity index (χ0n) is 19.7. The molecule has 2 aliphatic rings. The van der Waals surface area contributed by atoms with Crippen LogP contribution in [0.25, 0.3) is 0 Å². The van der Waals surface area contributed by atoms with Crippen molar-refractivity contribution in [1.29, 1.82) is 0 Å². The van der Waals surface area contributed by atoms with Crippen molar-refractivity contribution in [3.05, 3.63) is 41.7 Å². The third-order valence-corrected chi connectivity index (χ3v) is 6.43. The first-order valence-electron chi connectivity index (χ1n) is 11.3. The standard InChI is InChI=1S/C24H28F2N2O7/c1-5-32-17-9-7-14(19-20(17)35-24(25,26)34-19)18-12(2)23(3,4)33-21(18)22(31)28-13-6-8-15(27-10-13)16(30)11-29/h6-10,12,16,18,21,29-30H,5,11H2,1-4H3,(H,28,31)/t12-,16-,18-,21+/m0/s1. The fourth-order valence-corrected chi connectivity index (χ4v) is 4.39. The summed E-state index contributed by atoms with van der Waals surface area (Å²) in [6.07, 6.45) is -4.70. The number of aliphatic hydroxyl groups excluding tert-OH is 2. The van der Waals surface area contributed by atoms with Crippen LogP contribution < -0.4 is 19.5 Å². The molecule has 2 aromatic rings. The van der Waals surface area contributed by atoms with Gasteiger partial charge in [0.15, 0.2) is 11.5 Å². The van der Waals surface area contributed by atoms with Gasteiger partial charge in [-0.15, -0.1) is 8.78 Å². The second-order valence-electron chi connectivity index (χ2n) is 9.03. The number of benzene rings is 1. The van der Waals surface area contributed by atoms with E-state index in [1.807, 2.05) is 20.8 Å². The molecule has 1 saturated heterocycles. The molecule has 35 heavy (non-hydrogen) atoms. The van der Waals surface area contributed by atoms with Gasteiger partial charge in [0.1, 0.15) is 12.2 Å². The molecule has 11 heteroatoms. The Morgan fingerprint density at radius 3 is 2.57 bits per heavy atom. The number of ether oxygens (including phenoxy) is 4. The molecule has 1 fully saturated rings. The second-order valence-corrected chi connectivity index (χ2v) is 9.03. The molecule has 0 spiro atoms. The van der Waals surface area contributed by atoms with Gasteiger partial charge < -0.3 is 34.5 Å². The maximum atomic E-state index is 14.1. The molecule has 0 unspecified atom stereocenters. The molecular formula is C24H28F2N2O7. The molecule has 4 rings (SSSR count). The predicted octanol–water partition coefficient (Wildman–Crippen LogP) is 3.36. The maximum absolute atomic E-state index is 14.1. The summed E-state index contributed by atoms with van der Waals surface area (Å²) in [6.45, 7) is 7.00. The molecule has 0 radical (unpaired) electrons. The number of aliphatic hydroxyl groups is 2. The SMILES string of the molecule is CCOc1ccc([C@H]2[C@H](C(=O)Nc3ccc([C@@H](O)CO)nc3)OC(C)(C)[C@H]2C)c2c1OC(F)(F)O2. The second kappa shape index (κ2) is 9.21. The lowest BCUT2D eigenvalue weighted by Crippen LogP contribution is -2.33. The summed E-state index contributed by atoms with van der Waals surface area (Å²) in [5, 5.41) is 21.5. The van der Waals surface area contributed by atoms with E-state index in [4.69, 9.17) is 24.1 Å². The minimum Gasteiger partial charge on any atom is -0.490 e. The number of hydrogen-bond donors (Lipinski definition) is 3. The van der Waals surface area contributed by atoms with Crippen LogP contribution in [0.15, 0.2) is 30.5 Å². The van der Waals surface area contributed by atoms with Crippen molar-refractivity contribution in [3.8, 4) is 17.2 Å². The van der Waals surface area contributed by atoms with Gasteiger partial charge >= 0.3 is 6.29 Å². The molecule has 4 atom stereocenters. The van der Waals surface area contributed by atoms with E-state index < -0.39 is 42.5 Å². The quantitative estimate of drug-likeness (QED) is 0.536. The van der Waals surface area contributed by atoms with Crippen molar-refractivity contribution in [2.75, 3.05) is 18.5 Å². The summed E-state index contributed by atoms with van der Waals surface area (Å²) in [4.78, 5) is 17.3. The van der Waals surface area contributed by atoms with Crippen LogP contribution >= 0.6 is 0 Å². The number of halogens is 2. The van der Waals surface area contributed by atoms with Crippen molar-refractivity contribution in [1.82, 2.24) is 4.98 Å². The van der Waals surface area contributed by atoms with E-state index >= 15 is 0 Å². The van der Waals surface area contributed by atoms with Gasteiger partial charge in [-0.1, -0.05) is 13.0 Å². The molecular weight excluding hydrogens is 466 g/mol. The van der Waals surface area contributed by atoms with Crippen molar-refractivity contribution in [2.24, 2.45) is 5.92 Å². The lowest BCUT2D eigenvalue weighted by molar-refractivity contribution is -0.287. The highest BCUT2D eigenvalue weighted by atomic mass is 19.3. The van der Waals surface area contributed by atoms with Crippen molar-refractivity contribution >= 4 is 11.6 Å². The number of fused-ring (bicyclic) bond motifs is 1. The van der Waals surface area contributed by atoms with E-state index in [2.05, 4.69) is 10.3 Å². The summed E-state index contributed by atoms with van der Waals surface area (Å²) in [5.74, 6) is -1.69. The number of carbonyl (C=O) groups excluding carboxylic acids is 1. The Kier molecular flexibility index (Phi) is 6.60. The lowest BCUT2D eigenvalue weighted by Gasteiger charge is -2.25. The number of nitrogens with one attached hydrogen (secondary N) is 1. The summed E-state index contributed by atoms with van der Waals surface area (Å²) in [7, 11) is 0. The summed E-state index contributed by atoms with van der Waals surface area (Å²) < 4.78 is 49.3. The normalized spacial score (nSPS) is 24.7. The summed E-state index contributed by atoms with van der Waals surface area (Å²) in [5.41, 5.74) is 0.177. The van der Waals surface area contributed by atoms with Gasteiger partial charge in [0, 0.05) is 11.5 Å². The lowest BCUT2D eigenvalue weighted by atomic mass is 9.78. The van der Waals surface area contributed by atoms with E-state index in [9.17, 15) is 18.7 Å². The van der Waals surface area contributed by atoms with E-state index in [1.165, 1.54) is 24.4 Å². The molecule has 1 aromatic carbocycles. The fourth-order valence-electron chi connectivity index (χ4n) is 4.39. The third-order valence-electron chi connectivity index (χ3n) is 6.43. The van der Waals surface area contributed by atoms with E-state index in [-0.39, 0.29) is 35.5 Å². The molecule has 190 valence electrons. The van der Waals surface area contributed by atoms with Gasteiger partial charge in [-0.25, -0.2) is 0 Å². The minimum atomic E-state index is -3.87. The van der Waals surface area contributed by atoms with Gasteiger partial charge in [-0.3, -0.25) is 9.78 Å². The Morgan fingerprint density at radius 2 is 1.94 bits per heavy atom. The molecule has 1 aromatic heterocycles. The molecule has 0 aliphatic carbocycles. The Bertz CT molecular complexity index is 1090. The van der Waals surface area contributed by atoms with Crippen LogP contribution in [-0.2, 0) is 9.53 Å². The number of alkyl halides is 2. The smallest absolute Gasteiger partial charge is 0.490 e. The number of pyridine rings is 1. The zero-order chi connectivity index (χ0) is 25.5. The Balaban J connectivity index is 1.66. The Hall–Kier alpha value is -3.02. The van der Waals surface area contributed by atoms with Gasteiger partial charge in [0.25, 0.3) is 5.91 Å². The van der Waals surface area contributed by atoms with E-state index in [0.717, 1.165) is 0 Å². The number of amides is 1. The number of carbonyl (C=O) groups is 1. The maximum Gasteiger partial charge on any atom is 0.586 e. The molecule has 1 amide bonds. The average molecular weight is 494 g/mol. The van der Waals surface area contributed by atoms with Crippen molar-refractivity contribution < 1.29 is 42.7 Å². The van der Waals surface area contributed by atoms with Crippen molar-refractivity contribution in [3.63, 3.8) is 0 Å². The van der Waals surface area contributed by atoms with Gasteiger partial charge in [-0.05, 0) is 44.9 Å². The summed E-state index contributed by atoms with van der Waals surface area (Å²) in [6, 6.07) is 6.12. The number of hydrogen-bond acceptors (Lipinski definition) is 8. The van der Waals surface area contributed by atoms with Crippen molar-refractivity contribution in [2.45, 2.75) is 57.7 Å². The number of rotatable bonds is 7. The monoisotopic (exact) mass is 494 g/mol. The third kappa shape index (κ3) is 4.75. The van der Waals surface area contributed by atoms with Gasteiger partial charge in [0.2, 0.25) is 5.75 Å². The summed E-state index contributed by atoms with van der Waals surface area (Å²) >= 11 is 0. The number of aromatic nitrogens is 1. The molecule has 3 N–H and O–H groups in total. The highest BCUT2D eigenvalue weighted by Crippen LogP contribution is 2.56. The Morgan fingerprint density at radius 1 is 1.23 bits per heavy atom. The van der Waals surface area contributed by atoms with Crippen LogP contribution in [-0.4, -0.2) is 52.3 Å². The average Bonchev–Trinajstić information content (AvgIpc) is 3.26. The van der Waals surface area contributed by atoms with E-state index in [1.54, 1.807) is 13.0 Å². The topological polar surface area (TPSA) is 119 Å². The van der Waals surface area contributed by atoms with Gasteiger partial charge in [0.05, 0.1) is 36.4 Å². The highest BCUT2D eigenvalue weighted by Gasteiger charge is 2.54. The Labute approximate surface area is 201 Å². The van der Waals surface area contributed by atoms with Crippen LogP contribution in [0.1, 0.15) is 51.0 Å². The predicted molar refractivity (Wildman–Crippen MR) is 120 cm³/mol. The fraction of sp³-hybridized carbons (Fsp3) is 0.500. The van der Waals surface area contributed by atoms with Crippen LogP contribution in [0.2, 0.25) is 0 Å². The zero-order valence-corrected chi connectivity index (χ0v) is 19.7. The van der Waals surface area contributed by atoms with Crippen LogP contribution in [0.4, 0.5) is 14.5 Å². The number of nitrogens with zero attached hydrogens (tertiary/aromatic N) is 1. The van der Waals surface area contributed by atoms with Gasteiger partial charge in [-0.2, -0.15) is 0 Å². The molecule has 3 heterocycles. The molecule has 2 aliphatic heterocycles. The molecule has 9 nitrogen and oxygen atoms in total. The minimum absolute atomic E-state index is 0.117.